The molecule has 1 rings (SSSR count). The minimum absolute atomic E-state index is 0.123. The molecule has 1 aromatic rings. The van der Waals surface area contributed by atoms with Crippen LogP contribution in [-0.2, 0) is 0 Å². The van der Waals surface area contributed by atoms with Crippen LogP contribution in [0.5, 0.6) is 0 Å². The van der Waals surface area contributed by atoms with Gasteiger partial charge < -0.3 is 5.73 Å². The number of nitrogen functional groups attached to an aromatic ring is 1. The summed E-state index contributed by atoms with van der Waals surface area (Å²) in [5.41, 5.74) is 4.62. The predicted molar refractivity (Wildman–Crippen MR) is 34.3 cm³/mol. The molecule has 0 amide bonds. The monoisotopic (exact) mass is 144 g/mol. The smallest absolute Gasteiger partial charge is 0.362 e. The van der Waals surface area contributed by atoms with Crippen molar-refractivity contribution in [3.8, 4) is 0 Å². The van der Waals surface area contributed by atoms with Crippen LogP contribution >= 0.6 is 12.6 Å². The molecule has 1 heterocycles. The van der Waals surface area contributed by atoms with E-state index in [2.05, 4.69) is 22.7 Å². The van der Waals surface area contributed by atoms with Crippen LogP contribution in [0.15, 0.2) is 9.82 Å². The van der Waals surface area contributed by atoms with Crippen molar-refractivity contribution < 1.29 is 0 Å². The molecule has 0 spiro atoms. The molecule has 0 radical (unpaired) electrons. The number of thiol groups is 1. The van der Waals surface area contributed by atoms with Crippen LogP contribution in [0.25, 0.3) is 0 Å². The second-order valence-corrected chi connectivity index (χ2v) is 1.77. The molecule has 0 saturated heterocycles. The average molecular weight is 144 g/mol. The molecule has 0 aliphatic heterocycles. The summed E-state index contributed by atoms with van der Waals surface area (Å²) in [5, 5.41) is 5.58. The highest BCUT2D eigenvalue weighted by Gasteiger charge is 1.94. The van der Waals surface area contributed by atoms with Crippen LogP contribution in [0, 0.1) is 0 Å². The van der Waals surface area contributed by atoms with Crippen molar-refractivity contribution in [3.05, 3.63) is 10.5 Å². The zero-order valence-corrected chi connectivity index (χ0v) is 5.22. The van der Waals surface area contributed by atoms with Gasteiger partial charge in [-0.1, -0.05) is 0 Å². The molecular weight excluding hydrogens is 140 g/mol. The van der Waals surface area contributed by atoms with Crippen LogP contribution in [0.1, 0.15) is 0 Å². The van der Waals surface area contributed by atoms with Crippen LogP contribution in [-0.4, -0.2) is 15.2 Å². The number of aromatic amines is 1. The Labute approximate surface area is 55.7 Å². The van der Waals surface area contributed by atoms with Crippen molar-refractivity contribution in [1.29, 1.82) is 0 Å². The van der Waals surface area contributed by atoms with E-state index in [9.17, 15) is 4.79 Å². The third-order valence-corrected chi connectivity index (χ3v) is 1.04. The Bertz CT molecular complexity index is 269. The highest BCUT2D eigenvalue weighted by atomic mass is 32.1. The molecule has 9 heavy (non-hydrogen) atoms. The van der Waals surface area contributed by atoms with Crippen molar-refractivity contribution in [2.45, 2.75) is 5.03 Å². The average Bonchev–Trinajstić information content (AvgIpc) is 1.80. The Balaban J connectivity index is 3.34. The highest BCUT2D eigenvalue weighted by Crippen LogP contribution is 2.02. The van der Waals surface area contributed by atoms with Gasteiger partial charge in [0.25, 0.3) is 0 Å². The van der Waals surface area contributed by atoms with Crippen molar-refractivity contribution in [2.75, 3.05) is 5.73 Å². The van der Waals surface area contributed by atoms with Gasteiger partial charge in [-0.3, -0.25) is 0 Å². The molecule has 0 fully saturated rings. The van der Waals surface area contributed by atoms with Crippen LogP contribution in [0.3, 0.4) is 0 Å². The maximum Gasteiger partial charge on any atom is 0.362 e. The van der Waals surface area contributed by atoms with Gasteiger partial charge in [-0.2, -0.15) is 10.1 Å². The molecule has 0 aromatic carbocycles. The summed E-state index contributed by atoms with van der Waals surface area (Å²) in [5.74, 6) is 0.123. The van der Waals surface area contributed by atoms with E-state index >= 15 is 0 Å². The van der Waals surface area contributed by atoms with Gasteiger partial charge in [0.05, 0.1) is 0 Å². The highest BCUT2D eigenvalue weighted by molar-refractivity contribution is 7.80. The van der Waals surface area contributed by atoms with Crippen LogP contribution in [0.2, 0.25) is 0 Å². The van der Waals surface area contributed by atoms with Gasteiger partial charge in [-0.15, -0.1) is 12.6 Å². The lowest BCUT2D eigenvalue weighted by atomic mass is 10.8. The summed E-state index contributed by atoms with van der Waals surface area (Å²) in [6.07, 6.45) is 0. The van der Waals surface area contributed by atoms with Crippen molar-refractivity contribution in [3.63, 3.8) is 0 Å². The van der Waals surface area contributed by atoms with Gasteiger partial charge in [0.15, 0.2) is 5.82 Å². The third-order valence-electron chi connectivity index (χ3n) is 0.709. The van der Waals surface area contributed by atoms with Crippen molar-refractivity contribution in [2.24, 2.45) is 0 Å². The fourth-order valence-electron chi connectivity index (χ4n) is 0.337. The molecule has 0 aliphatic rings. The fraction of sp³-hybridized carbons (Fsp3) is 0. The lowest BCUT2D eigenvalue weighted by molar-refractivity contribution is 0.868. The molecule has 5 nitrogen and oxygen atoms in total. The van der Waals surface area contributed by atoms with Crippen molar-refractivity contribution >= 4 is 18.4 Å². The summed E-state index contributed by atoms with van der Waals surface area (Å²) in [6.45, 7) is 0. The SMILES string of the molecule is Nc1n[nH]c(=O)nc1S. The predicted octanol–water partition coefficient (Wildman–Crippen LogP) is -0.964. The molecule has 0 atom stereocenters. The Morgan fingerprint density at radius 3 is 2.78 bits per heavy atom. The molecule has 0 aliphatic carbocycles. The lowest BCUT2D eigenvalue weighted by Gasteiger charge is -1.90. The maximum absolute atomic E-state index is 10.3. The number of aromatic nitrogens is 3. The van der Waals surface area contributed by atoms with Gasteiger partial charge in [-0.05, 0) is 0 Å². The maximum atomic E-state index is 10.3. The number of nitrogens with zero attached hydrogens (tertiary/aromatic N) is 2. The van der Waals surface area contributed by atoms with E-state index in [1.807, 2.05) is 5.10 Å². The first-order valence-corrected chi connectivity index (χ1v) is 2.56. The third kappa shape index (κ3) is 1.20. The molecule has 6 heteroatoms. The quantitative estimate of drug-likeness (QED) is 0.409. The van der Waals surface area contributed by atoms with Gasteiger partial charge in [0.1, 0.15) is 5.03 Å². The first-order valence-electron chi connectivity index (χ1n) is 2.11. The second-order valence-electron chi connectivity index (χ2n) is 1.35. The number of hydrogen-bond acceptors (Lipinski definition) is 5. The van der Waals surface area contributed by atoms with Gasteiger partial charge in [0.2, 0.25) is 0 Å². The minimum Gasteiger partial charge on any atom is -0.380 e. The van der Waals surface area contributed by atoms with E-state index in [4.69, 9.17) is 5.73 Å². The Kier molecular flexibility index (Phi) is 1.39. The van der Waals surface area contributed by atoms with E-state index < -0.39 is 5.69 Å². The van der Waals surface area contributed by atoms with Crippen LogP contribution in [0.4, 0.5) is 5.82 Å². The molecule has 3 N–H and O–H groups in total. The zero-order valence-electron chi connectivity index (χ0n) is 4.33. The number of H-pyrrole nitrogens is 1. The Morgan fingerprint density at radius 2 is 2.33 bits per heavy atom. The minimum atomic E-state index is -0.547. The summed E-state index contributed by atoms with van der Waals surface area (Å²) in [6, 6.07) is 0. The van der Waals surface area contributed by atoms with E-state index in [1.165, 1.54) is 0 Å². The summed E-state index contributed by atoms with van der Waals surface area (Å²) in [7, 11) is 0. The largest absolute Gasteiger partial charge is 0.380 e. The normalized spacial score (nSPS) is 9.44. The number of rotatable bonds is 0. The fourth-order valence-corrected chi connectivity index (χ4v) is 0.477. The molecule has 1 aromatic heterocycles. The number of anilines is 1. The lowest BCUT2D eigenvalue weighted by Crippen LogP contribution is -2.14. The van der Waals surface area contributed by atoms with Gasteiger partial charge in [-0.25, -0.2) is 9.89 Å². The molecule has 0 saturated carbocycles. The van der Waals surface area contributed by atoms with Crippen molar-refractivity contribution in [1.82, 2.24) is 15.2 Å². The molecular formula is C3H4N4OS. The summed E-state index contributed by atoms with van der Waals surface area (Å²) < 4.78 is 0. The molecule has 0 bridgehead atoms. The zero-order chi connectivity index (χ0) is 6.85. The molecule has 0 unspecified atom stereocenters. The second kappa shape index (κ2) is 2.06. The Morgan fingerprint density at radius 1 is 1.67 bits per heavy atom. The van der Waals surface area contributed by atoms with Gasteiger partial charge >= 0.3 is 5.69 Å². The Hall–Kier alpha value is -1.04. The standard InChI is InChI=1S/C3H4N4OS/c4-1-2(9)5-3(8)7-6-1/h(H2,4,6)(H2,5,7,8,9). The van der Waals surface area contributed by atoms with Crippen LogP contribution < -0.4 is 11.4 Å². The van der Waals surface area contributed by atoms with E-state index in [0.29, 0.717) is 0 Å². The first-order chi connectivity index (χ1) is 4.20. The van der Waals surface area contributed by atoms with Gasteiger partial charge in [0, 0.05) is 0 Å². The molecule has 48 valence electrons. The van der Waals surface area contributed by atoms with E-state index in [-0.39, 0.29) is 10.8 Å². The number of nitrogens with two attached hydrogens (primary N) is 1. The summed E-state index contributed by atoms with van der Waals surface area (Å²) >= 11 is 3.75. The first kappa shape index (κ1) is 6.09. The van der Waals surface area contributed by atoms with E-state index in [1.54, 1.807) is 0 Å². The van der Waals surface area contributed by atoms with E-state index in [0.717, 1.165) is 0 Å². The number of hydrogen-bond donors (Lipinski definition) is 3. The summed E-state index contributed by atoms with van der Waals surface area (Å²) in [4.78, 5) is 13.6. The number of nitrogens with one attached hydrogen (secondary N) is 1. The topological polar surface area (TPSA) is 84.7 Å².